The van der Waals surface area contributed by atoms with Gasteiger partial charge < -0.3 is 10.3 Å². The zero-order valence-electron chi connectivity index (χ0n) is 15.6. The van der Waals surface area contributed by atoms with Gasteiger partial charge in [0.05, 0.1) is 28.2 Å². The number of nitrogens with zero attached hydrogens (tertiary/aromatic N) is 1. The molecule has 4 rings (SSSR count). The maximum Gasteiger partial charge on any atom is 0.238 e. The van der Waals surface area contributed by atoms with E-state index in [1.807, 2.05) is 13.0 Å². The normalized spacial score (nSPS) is 14.1. The van der Waals surface area contributed by atoms with Crippen LogP contribution in [0.15, 0.2) is 35.1 Å². The van der Waals surface area contributed by atoms with Crippen LogP contribution >= 0.6 is 11.6 Å². The minimum Gasteiger partial charge on any atom is -0.355 e. The van der Waals surface area contributed by atoms with Crippen molar-refractivity contribution >= 4 is 34.1 Å². The fourth-order valence-electron chi connectivity index (χ4n) is 3.61. The third-order valence-corrected chi connectivity index (χ3v) is 5.38. The number of aromatic nitrogens is 1. The Morgan fingerprint density at radius 1 is 1.24 bits per heavy atom. The van der Waals surface area contributed by atoms with Crippen molar-refractivity contribution in [1.82, 2.24) is 9.88 Å². The van der Waals surface area contributed by atoms with Gasteiger partial charge in [-0.3, -0.25) is 14.5 Å². The van der Waals surface area contributed by atoms with Crippen molar-refractivity contribution in [1.29, 1.82) is 0 Å². The van der Waals surface area contributed by atoms with Crippen LogP contribution in [0.5, 0.6) is 0 Å². The first kappa shape index (κ1) is 19.5. The third kappa shape index (κ3) is 3.75. The highest BCUT2D eigenvalue weighted by Crippen LogP contribution is 2.24. The highest BCUT2D eigenvalue weighted by molar-refractivity contribution is 6.33. The van der Waals surface area contributed by atoms with E-state index in [0.717, 1.165) is 17.7 Å². The number of benzene rings is 2. The summed E-state index contributed by atoms with van der Waals surface area (Å²) in [5, 5.41) is 2.92. The first-order valence-corrected chi connectivity index (χ1v) is 9.51. The second kappa shape index (κ2) is 7.57. The summed E-state index contributed by atoms with van der Waals surface area (Å²) < 4.78 is 28.2. The molecule has 8 heteroatoms. The lowest BCUT2D eigenvalue weighted by molar-refractivity contribution is -0.117. The molecule has 0 bridgehead atoms. The SMILES string of the molecule is Cc1ccc(NC(=O)CN2CCc3[nH]c4c(F)ccc(F)c4c(=O)c3C2)c(Cl)c1. The minimum absolute atomic E-state index is 0.0484. The average molecular weight is 418 g/mol. The van der Waals surface area contributed by atoms with Crippen LogP contribution in [0, 0.1) is 18.6 Å². The van der Waals surface area contributed by atoms with Gasteiger partial charge in [-0.15, -0.1) is 0 Å². The molecule has 0 spiro atoms. The molecule has 1 aromatic heterocycles. The van der Waals surface area contributed by atoms with E-state index >= 15 is 0 Å². The Morgan fingerprint density at radius 2 is 2.00 bits per heavy atom. The van der Waals surface area contributed by atoms with E-state index in [-0.39, 0.29) is 29.9 Å². The molecule has 0 unspecified atom stereocenters. The number of aryl methyl sites for hydroxylation is 1. The van der Waals surface area contributed by atoms with E-state index in [9.17, 15) is 18.4 Å². The number of nitrogens with one attached hydrogen (secondary N) is 2. The van der Waals surface area contributed by atoms with Crippen molar-refractivity contribution in [3.05, 3.63) is 74.0 Å². The van der Waals surface area contributed by atoms with Crippen molar-refractivity contribution in [2.75, 3.05) is 18.4 Å². The number of hydrogen-bond acceptors (Lipinski definition) is 3. The predicted molar refractivity (Wildman–Crippen MR) is 108 cm³/mol. The molecule has 2 N–H and O–H groups in total. The van der Waals surface area contributed by atoms with Gasteiger partial charge in [0, 0.05) is 30.8 Å². The molecule has 1 aliphatic heterocycles. The summed E-state index contributed by atoms with van der Waals surface area (Å²) in [5.41, 5.74) is 1.77. The molecule has 0 aliphatic carbocycles. The van der Waals surface area contributed by atoms with E-state index in [1.165, 1.54) is 0 Å². The second-order valence-corrected chi connectivity index (χ2v) is 7.59. The third-order valence-electron chi connectivity index (χ3n) is 5.07. The molecule has 2 heterocycles. The van der Waals surface area contributed by atoms with Crippen LogP contribution in [0.1, 0.15) is 16.8 Å². The highest BCUT2D eigenvalue weighted by atomic mass is 35.5. The zero-order chi connectivity index (χ0) is 20.7. The Morgan fingerprint density at radius 3 is 2.76 bits per heavy atom. The fraction of sp³-hybridized carbons (Fsp3) is 0.238. The van der Waals surface area contributed by atoms with Crippen LogP contribution in [0.25, 0.3) is 10.9 Å². The number of rotatable bonds is 3. The molecule has 5 nitrogen and oxygen atoms in total. The number of fused-ring (bicyclic) bond motifs is 2. The van der Waals surface area contributed by atoms with Crippen LogP contribution in [0.2, 0.25) is 5.02 Å². The van der Waals surface area contributed by atoms with Crippen LogP contribution in [-0.4, -0.2) is 28.9 Å². The fourth-order valence-corrected chi connectivity index (χ4v) is 3.90. The number of amides is 1. The maximum atomic E-state index is 14.1. The molecule has 0 radical (unpaired) electrons. The summed E-state index contributed by atoms with van der Waals surface area (Å²) >= 11 is 6.15. The number of halogens is 3. The molecule has 0 fully saturated rings. The van der Waals surface area contributed by atoms with Crippen LogP contribution < -0.4 is 10.7 Å². The molecule has 0 saturated carbocycles. The Bertz CT molecular complexity index is 1190. The lowest BCUT2D eigenvalue weighted by Crippen LogP contribution is -2.39. The van der Waals surface area contributed by atoms with Gasteiger partial charge in [-0.25, -0.2) is 8.78 Å². The smallest absolute Gasteiger partial charge is 0.238 e. The first-order chi connectivity index (χ1) is 13.8. The summed E-state index contributed by atoms with van der Waals surface area (Å²) in [5.74, 6) is -1.71. The van der Waals surface area contributed by atoms with Gasteiger partial charge in [0.25, 0.3) is 0 Å². The standard InChI is InChI=1S/C21H18ClF2N3O2/c1-11-2-5-17(13(22)8-11)25-18(28)10-27-7-6-16-12(9-27)21(29)19-14(23)3-4-15(24)20(19)26-16/h2-5,8H,6-7,9-10H2,1H3,(H,25,28)(H,26,29). The predicted octanol–water partition coefficient (Wildman–Crippen LogP) is 3.76. The molecule has 3 aromatic rings. The van der Waals surface area contributed by atoms with Crippen molar-refractivity contribution < 1.29 is 13.6 Å². The average Bonchev–Trinajstić information content (AvgIpc) is 2.67. The molecule has 1 amide bonds. The summed E-state index contributed by atoms with van der Waals surface area (Å²) in [6, 6.07) is 7.27. The van der Waals surface area contributed by atoms with Crippen molar-refractivity contribution in [3.63, 3.8) is 0 Å². The molecular formula is C21H18ClF2N3O2. The van der Waals surface area contributed by atoms with E-state index in [0.29, 0.717) is 34.9 Å². The van der Waals surface area contributed by atoms with E-state index in [1.54, 1.807) is 17.0 Å². The van der Waals surface area contributed by atoms with Crippen LogP contribution in [0.4, 0.5) is 14.5 Å². The summed E-state index contributed by atoms with van der Waals surface area (Å²) in [4.78, 5) is 29.8. The van der Waals surface area contributed by atoms with Crippen LogP contribution in [-0.2, 0) is 17.8 Å². The van der Waals surface area contributed by atoms with Crippen LogP contribution in [0.3, 0.4) is 0 Å². The summed E-state index contributed by atoms with van der Waals surface area (Å²) in [6.45, 7) is 2.62. The molecule has 0 saturated heterocycles. The number of carbonyl (C=O) groups is 1. The van der Waals surface area contributed by atoms with Gasteiger partial charge >= 0.3 is 0 Å². The molecule has 1 aliphatic rings. The first-order valence-electron chi connectivity index (χ1n) is 9.13. The lowest BCUT2D eigenvalue weighted by atomic mass is 10.0. The summed E-state index contributed by atoms with van der Waals surface area (Å²) in [7, 11) is 0. The minimum atomic E-state index is -0.769. The topological polar surface area (TPSA) is 65.2 Å². The number of carbonyl (C=O) groups excluding carboxylic acids is 1. The Labute approximate surface area is 170 Å². The van der Waals surface area contributed by atoms with E-state index < -0.39 is 17.1 Å². The van der Waals surface area contributed by atoms with Gasteiger partial charge in [0.1, 0.15) is 11.6 Å². The number of anilines is 1. The van der Waals surface area contributed by atoms with Gasteiger partial charge in [0.2, 0.25) is 5.91 Å². The van der Waals surface area contributed by atoms with Crippen molar-refractivity contribution in [2.24, 2.45) is 0 Å². The number of pyridine rings is 1. The van der Waals surface area contributed by atoms with Gasteiger partial charge in [-0.05, 0) is 36.8 Å². The largest absolute Gasteiger partial charge is 0.355 e. The Kier molecular flexibility index (Phi) is 5.10. The molecule has 150 valence electrons. The number of hydrogen-bond donors (Lipinski definition) is 2. The van der Waals surface area contributed by atoms with Gasteiger partial charge in [0.15, 0.2) is 5.43 Å². The monoisotopic (exact) mass is 417 g/mol. The van der Waals surface area contributed by atoms with Crippen molar-refractivity contribution in [3.8, 4) is 0 Å². The van der Waals surface area contributed by atoms with E-state index in [2.05, 4.69) is 10.3 Å². The Balaban J connectivity index is 1.55. The molecule has 0 atom stereocenters. The lowest BCUT2D eigenvalue weighted by Gasteiger charge is -2.28. The van der Waals surface area contributed by atoms with E-state index in [4.69, 9.17) is 11.6 Å². The highest BCUT2D eigenvalue weighted by Gasteiger charge is 2.24. The summed E-state index contributed by atoms with van der Waals surface area (Å²) in [6.07, 6.45) is 0.426. The van der Waals surface area contributed by atoms with Gasteiger partial charge in [-0.1, -0.05) is 17.7 Å². The zero-order valence-corrected chi connectivity index (χ0v) is 16.4. The molecule has 2 aromatic carbocycles. The maximum absolute atomic E-state index is 14.1. The number of aromatic amines is 1. The number of H-pyrrole nitrogens is 1. The molecular weight excluding hydrogens is 400 g/mol. The second-order valence-electron chi connectivity index (χ2n) is 7.18. The van der Waals surface area contributed by atoms with Crippen molar-refractivity contribution in [2.45, 2.75) is 19.9 Å². The quantitative estimate of drug-likeness (QED) is 0.682. The van der Waals surface area contributed by atoms with Gasteiger partial charge in [-0.2, -0.15) is 0 Å². The Hall–Kier alpha value is -2.77. The molecule has 29 heavy (non-hydrogen) atoms.